The lowest BCUT2D eigenvalue weighted by Crippen LogP contribution is -2.17. The van der Waals surface area contributed by atoms with Crippen LogP contribution in [-0.4, -0.2) is 25.8 Å². The van der Waals surface area contributed by atoms with E-state index >= 15 is 0 Å². The zero-order valence-electron chi connectivity index (χ0n) is 9.92. The van der Waals surface area contributed by atoms with Gasteiger partial charge < -0.3 is 10.9 Å². The summed E-state index contributed by atoms with van der Waals surface area (Å²) in [4.78, 5) is 4.23. The molecule has 7 heteroatoms. The summed E-state index contributed by atoms with van der Waals surface area (Å²) in [5.74, 6) is 1.43. The van der Waals surface area contributed by atoms with Crippen LogP contribution in [0.25, 0.3) is 5.69 Å². The highest BCUT2D eigenvalue weighted by molar-refractivity contribution is 9.10. The van der Waals surface area contributed by atoms with Gasteiger partial charge in [-0.3, -0.25) is 0 Å². The van der Waals surface area contributed by atoms with Gasteiger partial charge >= 0.3 is 0 Å². The summed E-state index contributed by atoms with van der Waals surface area (Å²) in [6, 6.07) is 5.46. The molecule has 94 valence electrons. The maximum absolute atomic E-state index is 8.83. The van der Waals surface area contributed by atoms with Crippen LogP contribution in [0.4, 0.5) is 0 Å². The number of amidine groups is 1. The van der Waals surface area contributed by atoms with Crippen LogP contribution >= 0.6 is 15.9 Å². The maximum Gasteiger partial charge on any atom is 0.172 e. The minimum atomic E-state index is 0.0267. The fourth-order valence-corrected chi connectivity index (χ4v) is 2.06. The Morgan fingerprint density at radius 2 is 2.17 bits per heavy atom. The summed E-state index contributed by atoms with van der Waals surface area (Å²) in [7, 11) is 0. The monoisotopic (exact) mass is 309 g/mol. The van der Waals surface area contributed by atoms with E-state index in [9.17, 15) is 0 Å². The van der Waals surface area contributed by atoms with E-state index in [0.29, 0.717) is 17.1 Å². The highest BCUT2D eigenvalue weighted by Gasteiger charge is 2.13. The molecular formula is C11H12BrN5O. The molecule has 1 heterocycles. The zero-order chi connectivity index (χ0) is 13.3. The van der Waals surface area contributed by atoms with Gasteiger partial charge in [-0.2, -0.15) is 5.10 Å². The number of nitrogens with two attached hydrogens (primary N) is 1. The third-order valence-electron chi connectivity index (χ3n) is 2.45. The number of benzene rings is 1. The molecule has 0 aliphatic rings. The fraction of sp³-hybridized carbons (Fsp3) is 0.182. The standard InChI is InChI=1S/C11H12BrN5O/c1-6-14-7(2)17(15-6)10-4-3-8(12)5-9(10)11(13)16-18/h3-5,18H,1-2H3,(H2,13,16). The first kappa shape index (κ1) is 12.6. The summed E-state index contributed by atoms with van der Waals surface area (Å²) in [5, 5.41) is 16.1. The van der Waals surface area contributed by atoms with Gasteiger partial charge in [-0.25, -0.2) is 9.67 Å². The van der Waals surface area contributed by atoms with Crippen LogP contribution in [0.5, 0.6) is 0 Å². The molecule has 0 spiro atoms. The lowest BCUT2D eigenvalue weighted by atomic mass is 10.1. The normalized spacial score (nSPS) is 11.8. The highest BCUT2D eigenvalue weighted by atomic mass is 79.9. The third-order valence-corrected chi connectivity index (χ3v) is 2.94. The first-order valence-corrected chi connectivity index (χ1v) is 6.00. The molecular weight excluding hydrogens is 298 g/mol. The van der Waals surface area contributed by atoms with E-state index in [2.05, 4.69) is 31.2 Å². The van der Waals surface area contributed by atoms with E-state index in [-0.39, 0.29) is 5.84 Å². The van der Waals surface area contributed by atoms with Crippen LogP contribution in [0.2, 0.25) is 0 Å². The molecule has 0 saturated carbocycles. The number of rotatable bonds is 2. The molecule has 0 aliphatic heterocycles. The second-order valence-electron chi connectivity index (χ2n) is 3.76. The molecule has 0 saturated heterocycles. The van der Waals surface area contributed by atoms with Crippen molar-refractivity contribution in [1.29, 1.82) is 0 Å². The van der Waals surface area contributed by atoms with Crippen LogP contribution < -0.4 is 5.73 Å². The average Bonchev–Trinajstić information content (AvgIpc) is 2.67. The number of nitrogens with zero attached hydrogens (tertiary/aromatic N) is 4. The average molecular weight is 310 g/mol. The van der Waals surface area contributed by atoms with Crippen LogP contribution in [0, 0.1) is 13.8 Å². The Morgan fingerprint density at radius 3 is 2.72 bits per heavy atom. The van der Waals surface area contributed by atoms with Crippen molar-refractivity contribution >= 4 is 21.8 Å². The Balaban J connectivity index is 2.68. The van der Waals surface area contributed by atoms with Gasteiger partial charge in [-0.1, -0.05) is 21.1 Å². The third kappa shape index (κ3) is 2.21. The van der Waals surface area contributed by atoms with Crippen LogP contribution in [0.1, 0.15) is 17.2 Å². The Labute approximate surface area is 112 Å². The van der Waals surface area contributed by atoms with E-state index in [1.165, 1.54) is 0 Å². The van der Waals surface area contributed by atoms with Crippen molar-refractivity contribution in [1.82, 2.24) is 14.8 Å². The van der Waals surface area contributed by atoms with Crippen molar-refractivity contribution in [3.05, 3.63) is 39.9 Å². The van der Waals surface area contributed by atoms with Crippen molar-refractivity contribution in [2.45, 2.75) is 13.8 Å². The summed E-state index contributed by atoms with van der Waals surface area (Å²) < 4.78 is 2.50. The first-order chi connectivity index (χ1) is 8.52. The number of aromatic nitrogens is 3. The number of hydrogen-bond donors (Lipinski definition) is 2. The highest BCUT2D eigenvalue weighted by Crippen LogP contribution is 2.20. The van der Waals surface area contributed by atoms with Gasteiger partial charge in [-0.05, 0) is 32.0 Å². The predicted molar refractivity (Wildman–Crippen MR) is 71.0 cm³/mol. The van der Waals surface area contributed by atoms with Gasteiger partial charge in [0.25, 0.3) is 0 Å². The molecule has 0 atom stereocenters. The lowest BCUT2D eigenvalue weighted by molar-refractivity contribution is 0.318. The summed E-state index contributed by atoms with van der Waals surface area (Å²) in [6.45, 7) is 3.66. The molecule has 18 heavy (non-hydrogen) atoms. The van der Waals surface area contributed by atoms with Gasteiger partial charge in [0.1, 0.15) is 11.6 Å². The van der Waals surface area contributed by atoms with Crippen molar-refractivity contribution in [2.24, 2.45) is 10.9 Å². The summed E-state index contributed by atoms with van der Waals surface area (Å²) >= 11 is 3.35. The molecule has 3 N–H and O–H groups in total. The number of oxime groups is 1. The minimum Gasteiger partial charge on any atom is -0.409 e. The maximum atomic E-state index is 8.83. The van der Waals surface area contributed by atoms with E-state index in [1.54, 1.807) is 10.7 Å². The molecule has 2 aromatic rings. The molecule has 0 radical (unpaired) electrons. The smallest absolute Gasteiger partial charge is 0.172 e. The second kappa shape index (κ2) is 4.77. The van der Waals surface area contributed by atoms with Crippen molar-refractivity contribution < 1.29 is 5.21 Å². The summed E-state index contributed by atoms with van der Waals surface area (Å²) in [5.41, 5.74) is 6.97. The SMILES string of the molecule is Cc1nc(C)n(-c2ccc(Br)cc2/C(N)=N/O)n1. The van der Waals surface area contributed by atoms with Crippen LogP contribution in [0.3, 0.4) is 0 Å². The van der Waals surface area contributed by atoms with Crippen molar-refractivity contribution in [3.63, 3.8) is 0 Å². The fourth-order valence-electron chi connectivity index (χ4n) is 1.70. The molecule has 0 fully saturated rings. The molecule has 1 aromatic heterocycles. The Kier molecular flexibility index (Phi) is 3.33. The second-order valence-corrected chi connectivity index (χ2v) is 4.68. The van der Waals surface area contributed by atoms with Gasteiger partial charge in [0.2, 0.25) is 0 Å². The predicted octanol–water partition coefficient (Wildman–Crippen LogP) is 1.74. The van der Waals surface area contributed by atoms with E-state index in [0.717, 1.165) is 10.3 Å². The number of hydrogen-bond acceptors (Lipinski definition) is 4. The molecule has 0 amide bonds. The van der Waals surface area contributed by atoms with Gasteiger partial charge in [-0.15, -0.1) is 0 Å². The largest absolute Gasteiger partial charge is 0.409 e. The number of halogens is 1. The van der Waals surface area contributed by atoms with Crippen LogP contribution in [-0.2, 0) is 0 Å². The quantitative estimate of drug-likeness (QED) is 0.383. The Hall–Kier alpha value is -1.89. The number of aryl methyl sites for hydroxylation is 2. The van der Waals surface area contributed by atoms with Gasteiger partial charge in [0, 0.05) is 10.0 Å². The van der Waals surface area contributed by atoms with Crippen molar-refractivity contribution in [3.8, 4) is 5.69 Å². The molecule has 0 aliphatic carbocycles. The zero-order valence-corrected chi connectivity index (χ0v) is 11.5. The Bertz CT molecular complexity index is 620. The van der Waals surface area contributed by atoms with E-state index < -0.39 is 0 Å². The van der Waals surface area contributed by atoms with E-state index in [4.69, 9.17) is 10.9 Å². The minimum absolute atomic E-state index is 0.0267. The van der Waals surface area contributed by atoms with Gasteiger partial charge in [0.05, 0.1) is 5.69 Å². The molecule has 0 bridgehead atoms. The summed E-state index contributed by atoms with van der Waals surface area (Å²) in [6.07, 6.45) is 0. The molecule has 0 unspecified atom stereocenters. The molecule has 6 nitrogen and oxygen atoms in total. The molecule has 2 rings (SSSR count). The lowest BCUT2D eigenvalue weighted by Gasteiger charge is -2.09. The van der Waals surface area contributed by atoms with Gasteiger partial charge in [0.15, 0.2) is 5.84 Å². The van der Waals surface area contributed by atoms with E-state index in [1.807, 2.05) is 26.0 Å². The Morgan fingerprint density at radius 1 is 1.44 bits per heavy atom. The first-order valence-electron chi connectivity index (χ1n) is 5.21. The topological polar surface area (TPSA) is 89.3 Å². The van der Waals surface area contributed by atoms with Crippen LogP contribution in [0.15, 0.2) is 27.8 Å². The molecule has 1 aromatic carbocycles. The van der Waals surface area contributed by atoms with Crippen molar-refractivity contribution in [2.75, 3.05) is 0 Å².